The molecule has 0 bridgehead atoms. The first-order chi connectivity index (χ1) is 9.56. The van der Waals surface area contributed by atoms with Gasteiger partial charge in [0.1, 0.15) is 23.4 Å². The maximum atomic E-state index is 9.97. The van der Waals surface area contributed by atoms with Gasteiger partial charge < -0.3 is 20.5 Å². The van der Waals surface area contributed by atoms with Crippen molar-refractivity contribution in [1.29, 1.82) is 0 Å². The van der Waals surface area contributed by atoms with Gasteiger partial charge in [0.05, 0.1) is 0 Å². The van der Waals surface area contributed by atoms with Crippen LogP contribution in [-0.2, 0) is 0 Å². The summed E-state index contributed by atoms with van der Waals surface area (Å²) in [5, 5.41) is 9.97. The van der Waals surface area contributed by atoms with Gasteiger partial charge in [-0.3, -0.25) is 0 Å². The Kier molecular flexibility index (Phi) is 7.51. The average molecular weight is 296 g/mol. The summed E-state index contributed by atoms with van der Waals surface area (Å²) in [5.41, 5.74) is 6.34. The largest absolute Gasteiger partial charge is 0.491 e. The van der Waals surface area contributed by atoms with Gasteiger partial charge in [0.25, 0.3) is 0 Å². The molecule has 0 spiro atoms. The fraction of sp³-hybridized carbons (Fsp3) is 0.533. The van der Waals surface area contributed by atoms with Crippen molar-refractivity contribution in [3.05, 3.63) is 29.8 Å². The highest BCUT2D eigenvalue weighted by Crippen LogP contribution is 2.12. The molecule has 0 amide bonds. The highest BCUT2D eigenvalue weighted by atomic mass is 32.1. The standard InChI is InChI=1S/C15H24N2O2S/c1-3-9-17(4-2)10-13(18)11-19-14-7-5-12(6-8-14)15(16)20/h5-8,13,18H,3-4,9-11H2,1-2H3,(H2,16,20). The van der Waals surface area contributed by atoms with E-state index in [2.05, 4.69) is 18.7 Å². The SMILES string of the molecule is CCCN(CC)CC(O)COc1ccc(C(N)=S)cc1. The molecular formula is C15H24N2O2S. The number of rotatable bonds is 9. The second-order valence-electron chi connectivity index (χ2n) is 4.75. The molecule has 0 saturated heterocycles. The van der Waals surface area contributed by atoms with Crippen LogP contribution in [-0.4, -0.2) is 47.3 Å². The van der Waals surface area contributed by atoms with Crippen molar-refractivity contribution >= 4 is 17.2 Å². The van der Waals surface area contributed by atoms with Crippen molar-refractivity contribution in [2.45, 2.75) is 26.4 Å². The van der Waals surface area contributed by atoms with E-state index in [-0.39, 0.29) is 6.61 Å². The molecular weight excluding hydrogens is 272 g/mol. The maximum Gasteiger partial charge on any atom is 0.119 e. The van der Waals surface area contributed by atoms with Crippen molar-refractivity contribution < 1.29 is 9.84 Å². The number of aliphatic hydroxyl groups excluding tert-OH is 1. The second kappa shape index (κ2) is 8.89. The summed E-state index contributed by atoms with van der Waals surface area (Å²) in [6.45, 7) is 7.08. The van der Waals surface area contributed by atoms with Crippen LogP contribution >= 0.6 is 12.2 Å². The van der Waals surface area contributed by atoms with Gasteiger partial charge in [-0.1, -0.05) is 26.1 Å². The number of nitrogens with two attached hydrogens (primary N) is 1. The van der Waals surface area contributed by atoms with E-state index < -0.39 is 6.10 Å². The lowest BCUT2D eigenvalue weighted by atomic mass is 10.2. The molecule has 0 fully saturated rings. The van der Waals surface area contributed by atoms with Crippen LogP contribution in [0.3, 0.4) is 0 Å². The molecule has 0 aliphatic heterocycles. The number of benzene rings is 1. The summed E-state index contributed by atoms with van der Waals surface area (Å²) in [4.78, 5) is 2.58. The lowest BCUT2D eigenvalue weighted by Gasteiger charge is -2.23. The van der Waals surface area contributed by atoms with E-state index in [1.807, 2.05) is 24.3 Å². The van der Waals surface area contributed by atoms with E-state index in [0.717, 1.165) is 25.1 Å². The first-order valence-electron chi connectivity index (χ1n) is 6.99. The maximum absolute atomic E-state index is 9.97. The van der Waals surface area contributed by atoms with Crippen LogP contribution in [0.4, 0.5) is 0 Å². The Bertz CT molecular complexity index is 409. The van der Waals surface area contributed by atoms with Gasteiger partial charge in [-0.15, -0.1) is 0 Å². The monoisotopic (exact) mass is 296 g/mol. The number of thiocarbonyl (C=S) groups is 1. The molecule has 0 aromatic heterocycles. The van der Waals surface area contributed by atoms with Gasteiger partial charge in [-0.2, -0.15) is 0 Å². The molecule has 5 heteroatoms. The van der Waals surface area contributed by atoms with Crippen molar-refractivity contribution in [1.82, 2.24) is 4.90 Å². The number of aliphatic hydroxyl groups is 1. The van der Waals surface area contributed by atoms with E-state index in [1.165, 1.54) is 0 Å². The second-order valence-corrected chi connectivity index (χ2v) is 5.19. The van der Waals surface area contributed by atoms with E-state index in [0.29, 0.717) is 17.3 Å². The number of hydrogen-bond acceptors (Lipinski definition) is 4. The first kappa shape index (κ1) is 16.9. The highest BCUT2D eigenvalue weighted by Gasteiger charge is 2.10. The zero-order chi connectivity index (χ0) is 15.0. The summed E-state index contributed by atoms with van der Waals surface area (Å²) in [6.07, 6.45) is 0.596. The molecule has 0 aliphatic carbocycles. The van der Waals surface area contributed by atoms with Gasteiger partial charge in [-0.05, 0) is 43.8 Å². The Morgan fingerprint density at radius 3 is 2.50 bits per heavy atom. The van der Waals surface area contributed by atoms with Gasteiger partial charge >= 0.3 is 0 Å². The Morgan fingerprint density at radius 1 is 1.35 bits per heavy atom. The van der Waals surface area contributed by atoms with Gasteiger partial charge in [0.2, 0.25) is 0 Å². The predicted molar refractivity (Wildman–Crippen MR) is 86.2 cm³/mol. The van der Waals surface area contributed by atoms with Gasteiger partial charge in [0, 0.05) is 12.1 Å². The van der Waals surface area contributed by atoms with Crippen LogP contribution in [0.2, 0.25) is 0 Å². The van der Waals surface area contributed by atoms with Crippen molar-refractivity contribution in [2.24, 2.45) is 5.73 Å². The molecule has 4 nitrogen and oxygen atoms in total. The number of ether oxygens (including phenoxy) is 1. The fourth-order valence-corrected chi connectivity index (χ4v) is 2.09. The van der Waals surface area contributed by atoms with E-state index in [9.17, 15) is 5.11 Å². The normalized spacial score (nSPS) is 12.4. The van der Waals surface area contributed by atoms with Crippen LogP contribution < -0.4 is 10.5 Å². The van der Waals surface area contributed by atoms with E-state index >= 15 is 0 Å². The zero-order valence-corrected chi connectivity index (χ0v) is 13.0. The van der Waals surface area contributed by atoms with Crippen LogP contribution in [0.25, 0.3) is 0 Å². The molecule has 1 rings (SSSR count). The third kappa shape index (κ3) is 5.86. The molecule has 20 heavy (non-hydrogen) atoms. The van der Waals surface area contributed by atoms with Crippen LogP contribution in [0.5, 0.6) is 5.75 Å². The quantitative estimate of drug-likeness (QED) is 0.680. The Morgan fingerprint density at radius 2 is 2.00 bits per heavy atom. The number of likely N-dealkylation sites (N-methyl/N-ethyl adjacent to an activating group) is 1. The summed E-state index contributed by atoms with van der Waals surface area (Å²) in [6, 6.07) is 7.26. The third-order valence-electron chi connectivity index (χ3n) is 3.04. The topological polar surface area (TPSA) is 58.7 Å². The minimum absolute atomic E-state index is 0.284. The van der Waals surface area contributed by atoms with Crippen molar-refractivity contribution in [3.63, 3.8) is 0 Å². The van der Waals surface area contributed by atoms with Gasteiger partial charge in [0.15, 0.2) is 0 Å². The summed E-state index contributed by atoms with van der Waals surface area (Å²) < 4.78 is 5.57. The average Bonchev–Trinajstić information content (AvgIpc) is 2.45. The van der Waals surface area contributed by atoms with Gasteiger partial charge in [-0.25, -0.2) is 0 Å². The molecule has 1 aromatic carbocycles. The molecule has 3 N–H and O–H groups in total. The molecule has 1 unspecified atom stereocenters. The number of nitrogens with zero attached hydrogens (tertiary/aromatic N) is 1. The first-order valence-corrected chi connectivity index (χ1v) is 7.40. The predicted octanol–water partition coefficient (Wildman–Crippen LogP) is 1.79. The summed E-state index contributed by atoms with van der Waals surface area (Å²) in [7, 11) is 0. The van der Waals surface area contributed by atoms with Crippen molar-refractivity contribution in [3.8, 4) is 5.75 Å². The Labute approximate surface area is 126 Å². The molecule has 0 radical (unpaired) electrons. The van der Waals surface area contributed by atoms with Crippen LogP contribution in [0, 0.1) is 0 Å². The lowest BCUT2D eigenvalue weighted by molar-refractivity contribution is 0.0699. The minimum Gasteiger partial charge on any atom is -0.491 e. The zero-order valence-electron chi connectivity index (χ0n) is 12.2. The molecule has 0 saturated carbocycles. The molecule has 1 aromatic rings. The minimum atomic E-state index is -0.489. The Hall–Kier alpha value is -1.17. The smallest absolute Gasteiger partial charge is 0.119 e. The molecule has 1 atom stereocenters. The fourth-order valence-electron chi connectivity index (χ4n) is 1.95. The van der Waals surface area contributed by atoms with E-state index in [4.69, 9.17) is 22.7 Å². The van der Waals surface area contributed by atoms with Crippen molar-refractivity contribution in [2.75, 3.05) is 26.2 Å². The van der Waals surface area contributed by atoms with Crippen LogP contribution in [0.1, 0.15) is 25.8 Å². The summed E-state index contributed by atoms with van der Waals surface area (Å²) in [5.74, 6) is 0.711. The number of hydrogen-bond donors (Lipinski definition) is 2. The molecule has 0 aliphatic rings. The molecule has 0 heterocycles. The van der Waals surface area contributed by atoms with E-state index in [1.54, 1.807) is 0 Å². The third-order valence-corrected chi connectivity index (χ3v) is 3.27. The Balaban J connectivity index is 2.40. The molecule has 112 valence electrons. The lowest BCUT2D eigenvalue weighted by Crippen LogP contribution is -2.36. The van der Waals surface area contributed by atoms with Crippen LogP contribution in [0.15, 0.2) is 24.3 Å². The highest BCUT2D eigenvalue weighted by molar-refractivity contribution is 7.80. The summed E-state index contributed by atoms with van der Waals surface area (Å²) >= 11 is 4.89.